The first-order chi connectivity index (χ1) is 13.3. The Morgan fingerprint density at radius 3 is 2.52 bits per heavy atom. The van der Waals surface area contributed by atoms with Gasteiger partial charge in [0.1, 0.15) is 11.5 Å². The Labute approximate surface area is 167 Å². The average molecular weight is 394 g/mol. The molecule has 2 aromatic carbocycles. The summed E-state index contributed by atoms with van der Waals surface area (Å²) in [6.45, 7) is 0. The third-order valence-corrected chi connectivity index (χ3v) is 6.41. The summed E-state index contributed by atoms with van der Waals surface area (Å²) >= 11 is 8.20. The van der Waals surface area contributed by atoms with E-state index in [2.05, 4.69) is 45.4 Å². The maximum atomic E-state index is 6.53. The van der Waals surface area contributed by atoms with Crippen LogP contribution in [0.25, 0.3) is 27.5 Å². The Balaban J connectivity index is 1.72. The number of hydrogen-bond donors (Lipinski definition) is 1. The third kappa shape index (κ3) is 3.03. The number of imidazole rings is 1. The minimum absolute atomic E-state index is 0.495. The Hall–Kier alpha value is -2.30. The van der Waals surface area contributed by atoms with Crippen LogP contribution in [0.4, 0.5) is 5.82 Å². The van der Waals surface area contributed by atoms with E-state index in [0.717, 1.165) is 27.1 Å². The number of fused-ring (bicyclic) bond motifs is 1. The summed E-state index contributed by atoms with van der Waals surface area (Å²) in [5.41, 5.74) is 4.29. The molecule has 136 valence electrons. The van der Waals surface area contributed by atoms with E-state index >= 15 is 0 Å². The standard InChI is InChI=1S/C22H20ClN3S/c23-18-13-7-6-12-17(18)20-21(24-16-10-4-5-11-16)26-19(14-27-22(26)25-20)15-8-2-1-3-9-15/h1-3,6-9,12-14,16,24H,4-5,10-11H2. The fourth-order valence-corrected chi connectivity index (χ4v) is 5.03. The normalized spacial score (nSPS) is 14.9. The lowest BCUT2D eigenvalue weighted by Crippen LogP contribution is -2.16. The van der Waals surface area contributed by atoms with Crippen molar-refractivity contribution in [1.29, 1.82) is 0 Å². The predicted octanol–water partition coefficient (Wildman–Crippen LogP) is 6.74. The van der Waals surface area contributed by atoms with E-state index in [0.29, 0.717) is 6.04 Å². The van der Waals surface area contributed by atoms with Crippen molar-refractivity contribution in [2.75, 3.05) is 5.32 Å². The maximum absolute atomic E-state index is 6.53. The minimum Gasteiger partial charge on any atom is -0.367 e. The number of benzene rings is 2. The summed E-state index contributed by atoms with van der Waals surface area (Å²) in [6, 6.07) is 19.0. The van der Waals surface area contributed by atoms with Crippen molar-refractivity contribution in [2.45, 2.75) is 31.7 Å². The monoisotopic (exact) mass is 393 g/mol. The van der Waals surface area contributed by atoms with Gasteiger partial charge in [0.25, 0.3) is 0 Å². The molecular weight excluding hydrogens is 374 g/mol. The lowest BCUT2D eigenvalue weighted by atomic mass is 10.1. The van der Waals surface area contributed by atoms with E-state index in [-0.39, 0.29) is 0 Å². The molecule has 1 saturated carbocycles. The van der Waals surface area contributed by atoms with Gasteiger partial charge in [0.2, 0.25) is 0 Å². The molecule has 0 radical (unpaired) electrons. The van der Waals surface area contributed by atoms with Gasteiger partial charge in [0, 0.05) is 17.0 Å². The van der Waals surface area contributed by atoms with Gasteiger partial charge in [-0.2, -0.15) is 0 Å². The molecule has 4 aromatic rings. The molecule has 27 heavy (non-hydrogen) atoms. The first-order valence-electron chi connectivity index (χ1n) is 9.38. The molecule has 1 aliphatic carbocycles. The second kappa shape index (κ2) is 7.02. The second-order valence-electron chi connectivity index (χ2n) is 7.02. The summed E-state index contributed by atoms with van der Waals surface area (Å²) in [5.74, 6) is 1.06. The lowest BCUT2D eigenvalue weighted by Gasteiger charge is -2.16. The van der Waals surface area contributed by atoms with Crippen LogP contribution in [0.5, 0.6) is 0 Å². The maximum Gasteiger partial charge on any atom is 0.196 e. The molecule has 2 aromatic heterocycles. The summed E-state index contributed by atoms with van der Waals surface area (Å²) < 4.78 is 2.26. The van der Waals surface area contributed by atoms with E-state index in [1.165, 1.54) is 36.9 Å². The quantitative estimate of drug-likeness (QED) is 0.416. The summed E-state index contributed by atoms with van der Waals surface area (Å²) in [7, 11) is 0. The number of thiazole rings is 1. The summed E-state index contributed by atoms with van der Waals surface area (Å²) in [6.07, 6.45) is 4.99. The third-order valence-electron chi connectivity index (χ3n) is 5.26. The van der Waals surface area contributed by atoms with Gasteiger partial charge in [0.15, 0.2) is 4.96 Å². The Bertz CT molecular complexity index is 1080. The van der Waals surface area contributed by atoms with Crippen molar-refractivity contribution in [3.63, 3.8) is 0 Å². The highest BCUT2D eigenvalue weighted by Crippen LogP contribution is 2.39. The van der Waals surface area contributed by atoms with Crippen LogP contribution in [-0.4, -0.2) is 15.4 Å². The number of anilines is 1. The van der Waals surface area contributed by atoms with Gasteiger partial charge in [-0.05, 0) is 24.5 Å². The molecule has 0 aliphatic heterocycles. The fourth-order valence-electron chi connectivity index (χ4n) is 3.91. The smallest absolute Gasteiger partial charge is 0.196 e. The number of aromatic nitrogens is 2. The van der Waals surface area contributed by atoms with Crippen LogP contribution in [0.15, 0.2) is 60.0 Å². The van der Waals surface area contributed by atoms with Crippen LogP contribution in [0.3, 0.4) is 0 Å². The van der Waals surface area contributed by atoms with Crippen LogP contribution in [-0.2, 0) is 0 Å². The number of hydrogen-bond acceptors (Lipinski definition) is 3. The summed E-state index contributed by atoms with van der Waals surface area (Å²) in [5, 5.41) is 6.73. The fraction of sp³-hybridized carbons (Fsp3) is 0.227. The second-order valence-corrected chi connectivity index (χ2v) is 8.26. The van der Waals surface area contributed by atoms with Gasteiger partial charge in [-0.15, -0.1) is 11.3 Å². The van der Waals surface area contributed by atoms with Crippen LogP contribution >= 0.6 is 22.9 Å². The van der Waals surface area contributed by atoms with E-state index in [1.54, 1.807) is 11.3 Å². The van der Waals surface area contributed by atoms with Crippen molar-refractivity contribution < 1.29 is 0 Å². The van der Waals surface area contributed by atoms with Crippen molar-refractivity contribution in [3.8, 4) is 22.5 Å². The Kier molecular flexibility index (Phi) is 4.38. The molecule has 2 heterocycles. The summed E-state index contributed by atoms with van der Waals surface area (Å²) in [4.78, 5) is 5.96. The van der Waals surface area contributed by atoms with Gasteiger partial charge in [-0.1, -0.05) is 73.0 Å². The van der Waals surface area contributed by atoms with Crippen LogP contribution in [0, 0.1) is 0 Å². The van der Waals surface area contributed by atoms with Crippen LogP contribution in [0.1, 0.15) is 25.7 Å². The molecular formula is C22H20ClN3S. The number of nitrogens with one attached hydrogen (secondary N) is 1. The number of rotatable bonds is 4. The number of nitrogens with zero attached hydrogens (tertiary/aromatic N) is 2. The van der Waals surface area contributed by atoms with Gasteiger partial charge in [0.05, 0.1) is 10.7 Å². The van der Waals surface area contributed by atoms with Crippen LogP contribution < -0.4 is 5.32 Å². The van der Waals surface area contributed by atoms with Crippen molar-refractivity contribution in [1.82, 2.24) is 9.38 Å². The first-order valence-corrected chi connectivity index (χ1v) is 10.6. The molecule has 0 amide bonds. The van der Waals surface area contributed by atoms with Gasteiger partial charge < -0.3 is 5.32 Å². The topological polar surface area (TPSA) is 29.3 Å². The van der Waals surface area contributed by atoms with Crippen molar-refractivity contribution >= 4 is 33.7 Å². The van der Waals surface area contributed by atoms with Gasteiger partial charge in [-0.3, -0.25) is 4.40 Å². The number of halogens is 1. The molecule has 5 heteroatoms. The van der Waals surface area contributed by atoms with E-state index in [1.807, 2.05) is 24.3 Å². The predicted molar refractivity (Wildman–Crippen MR) is 115 cm³/mol. The minimum atomic E-state index is 0.495. The molecule has 5 rings (SSSR count). The molecule has 0 spiro atoms. The lowest BCUT2D eigenvalue weighted by molar-refractivity contribution is 0.750. The molecule has 1 fully saturated rings. The zero-order chi connectivity index (χ0) is 18.2. The molecule has 3 nitrogen and oxygen atoms in total. The molecule has 1 N–H and O–H groups in total. The largest absolute Gasteiger partial charge is 0.367 e. The first kappa shape index (κ1) is 16.8. The zero-order valence-electron chi connectivity index (χ0n) is 14.9. The Morgan fingerprint density at radius 2 is 1.74 bits per heavy atom. The highest BCUT2D eigenvalue weighted by molar-refractivity contribution is 7.15. The molecule has 0 bridgehead atoms. The van der Waals surface area contributed by atoms with E-state index < -0.39 is 0 Å². The highest BCUT2D eigenvalue weighted by atomic mass is 35.5. The zero-order valence-corrected chi connectivity index (χ0v) is 16.4. The highest BCUT2D eigenvalue weighted by Gasteiger charge is 2.24. The van der Waals surface area contributed by atoms with Gasteiger partial charge in [-0.25, -0.2) is 4.98 Å². The van der Waals surface area contributed by atoms with Crippen molar-refractivity contribution in [2.24, 2.45) is 0 Å². The van der Waals surface area contributed by atoms with E-state index in [9.17, 15) is 0 Å². The van der Waals surface area contributed by atoms with Crippen molar-refractivity contribution in [3.05, 3.63) is 65.0 Å². The van der Waals surface area contributed by atoms with Gasteiger partial charge >= 0.3 is 0 Å². The molecule has 0 atom stereocenters. The molecule has 0 unspecified atom stereocenters. The molecule has 0 saturated heterocycles. The molecule has 1 aliphatic rings. The Morgan fingerprint density at radius 1 is 1.00 bits per heavy atom. The average Bonchev–Trinajstić information content (AvgIpc) is 3.42. The van der Waals surface area contributed by atoms with Crippen LogP contribution in [0.2, 0.25) is 5.02 Å². The van der Waals surface area contributed by atoms with E-state index in [4.69, 9.17) is 16.6 Å². The SMILES string of the molecule is Clc1ccccc1-c1nc2scc(-c3ccccc3)n2c1NC1CCCC1.